The van der Waals surface area contributed by atoms with Crippen LogP contribution in [0.3, 0.4) is 0 Å². The van der Waals surface area contributed by atoms with E-state index in [1.165, 1.54) is 25.7 Å². The molecular formula is C24H32ClN5O2. The summed E-state index contributed by atoms with van der Waals surface area (Å²) >= 11 is 0. The molecule has 3 N–H and O–H groups in total. The standard InChI is InChI=1S/C24H31N5O2.ClH/c1-2-3-4-5-6-14-30-20-12-11-17-15-19(10-9-18(17)16-20)22-27-23(31-28-22)21-8-7-13-29(21)24(25)26;/h9-12,15-16,21H,2-8,13-14H2,1H3,(H3,25,26);1H. The molecule has 0 radical (unpaired) electrons. The van der Waals surface area contributed by atoms with Crippen molar-refractivity contribution in [3.8, 4) is 17.1 Å². The molecule has 1 atom stereocenters. The van der Waals surface area contributed by atoms with Crippen LogP contribution in [0.15, 0.2) is 40.9 Å². The molecule has 1 unspecified atom stereocenters. The number of hydrogen-bond donors (Lipinski definition) is 2. The van der Waals surface area contributed by atoms with Crippen molar-refractivity contribution in [1.29, 1.82) is 5.41 Å². The average molecular weight is 458 g/mol. The Balaban J connectivity index is 0.00000289. The third-order valence-electron chi connectivity index (χ3n) is 5.88. The van der Waals surface area contributed by atoms with E-state index in [9.17, 15) is 0 Å². The SMILES string of the molecule is CCCCCCCOc1ccc2cc(-c3noc(C4CCCN4C(=N)N)n3)ccc2c1.Cl. The van der Waals surface area contributed by atoms with Crippen LogP contribution in [0.1, 0.15) is 63.8 Å². The molecule has 0 amide bonds. The van der Waals surface area contributed by atoms with Gasteiger partial charge in [0.1, 0.15) is 11.8 Å². The first-order valence-electron chi connectivity index (χ1n) is 11.3. The number of fused-ring (bicyclic) bond motifs is 1. The van der Waals surface area contributed by atoms with Crippen molar-refractivity contribution in [3.63, 3.8) is 0 Å². The summed E-state index contributed by atoms with van der Waals surface area (Å²) < 4.78 is 11.4. The molecule has 7 nitrogen and oxygen atoms in total. The van der Waals surface area contributed by atoms with Crippen molar-refractivity contribution in [2.45, 2.75) is 57.9 Å². The Bertz CT molecular complexity index is 1040. The lowest BCUT2D eigenvalue weighted by Gasteiger charge is -2.21. The fraction of sp³-hybridized carbons (Fsp3) is 0.458. The average Bonchev–Trinajstić information content (AvgIpc) is 3.45. The van der Waals surface area contributed by atoms with Crippen molar-refractivity contribution in [1.82, 2.24) is 15.0 Å². The fourth-order valence-electron chi connectivity index (χ4n) is 4.15. The van der Waals surface area contributed by atoms with E-state index in [2.05, 4.69) is 41.3 Å². The zero-order valence-corrected chi connectivity index (χ0v) is 19.4. The largest absolute Gasteiger partial charge is 0.494 e. The molecule has 2 heterocycles. The molecule has 1 aromatic heterocycles. The first-order chi connectivity index (χ1) is 15.2. The predicted molar refractivity (Wildman–Crippen MR) is 129 cm³/mol. The summed E-state index contributed by atoms with van der Waals surface area (Å²) in [7, 11) is 0. The molecule has 4 rings (SSSR count). The third-order valence-corrected chi connectivity index (χ3v) is 5.88. The van der Waals surface area contributed by atoms with Gasteiger partial charge in [0.15, 0.2) is 5.96 Å². The van der Waals surface area contributed by atoms with E-state index in [0.29, 0.717) is 11.7 Å². The summed E-state index contributed by atoms with van der Waals surface area (Å²) in [6.07, 6.45) is 7.99. The van der Waals surface area contributed by atoms with Gasteiger partial charge in [-0.3, -0.25) is 5.41 Å². The zero-order chi connectivity index (χ0) is 21.6. The highest BCUT2D eigenvalue weighted by Crippen LogP contribution is 2.32. The van der Waals surface area contributed by atoms with Gasteiger partial charge in [-0.25, -0.2) is 0 Å². The minimum absolute atomic E-state index is 0. The second-order valence-electron chi connectivity index (χ2n) is 8.18. The van der Waals surface area contributed by atoms with Gasteiger partial charge in [-0.2, -0.15) is 4.98 Å². The lowest BCUT2D eigenvalue weighted by atomic mass is 10.1. The highest BCUT2D eigenvalue weighted by Gasteiger charge is 2.31. The molecule has 0 bridgehead atoms. The third kappa shape index (κ3) is 5.51. The van der Waals surface area contributed by atoms with Crippen molar-refractivity contribution in [2.24, 2.45) is 5.73 Å². The molecular weight excluding hydrogens is 426 g/mol. The van der Waals surface area contributed by atoms with Crippen molar-refractivity contribution >= 4 is 29.1 Å². The van der Waals surface area contributed by atoms with Gasteiger partial charge in [0.25, 0.3) is 0 Å². The summed E-state index contributed by atoms with van der Waals surface area (Å²) in [5.41, 5.74) is 6.59. The number of halogens is 1. The Morgan fingerprint density at radius 3 is 2.75 bits per heavy atom. The number of nitrogens with zero attached hydrogens (tertiary/aromatic N) is 3. The molecule has 3 aromatic rings. The summed E-state index contributed by atoms with van der Waals surface area (Å²) in [4.78, 5) is 6.40. The Morgan fingerprint density at radius 2 is 1.94 bits per heavy atom. The maximum Gasteiger partial charge on any atom is 0.249 e. The Kier molecular flexibility index (Phi) is 8.33. The van der Waals surface area contributed by atoms with Gasteiger partial charge in [0, 0.05) is 12.1 Å². The number of benzene rings is 2. The van der Waals surface area contributed by atoms with E-state index in [-0.39, 0.29) is 24.4 Å². The van der Waals surface area contributed by atoms with Gasteiger partial charge >= 0.3 is 0 Å². The first-order valence-corrected chi connectivity index (χ1v) is 11.3. The number of likely N-dealkylation sites (tertiary alicyclic amines) is 1. The van der Waals surface area contributed by atoms with Crippen LogP contribution in [0.25, 0.3) is 22.2 Å². The van der Waals surface area contributed by atoms with E-state index in [4.69, 9.17) is 20.4 Å². The van der Waals surface area contributed by atoms with Crippen LogP contribution in [0.4, 0.5) is 0 Å². The molecule has 1 fully saturated rings. The zero-order valence-electron chi connectivity index (χ0n) is 18.5. The Hall–Kier alpha value is -2.80. The van der Waals surface area contributed by atoms with E-state index >= 15 is 0 Å². The van der Waals surface area contributed by atoms with Crippen molar-refractivity contribution in [2.75, 3.05) is 13.2 Å². The van der Waals surface area contributed by atoms with Gasteiger partial charge < -0.3 is 19.9 Å². The molecule has 0 saturated carbocycles. The van der Waals surface area contributed by atoms with E-state index in [0.717, 1.165) is 54.5 Å². The lowest BCUT2D eigenvalue weighted by Crippen LogP contribution is -2.35. The number of nitrogens with two attached hydrogens (primary N) is 1. The molecule has 32 heavy (non-hydrogen) atoms. The Morgan fingerprint density at radius 1 is 1.16 bits per heavy atom. The number of nitrogens with one attached hydrogen (secondary N) is 1. The minimum Gasteiger partial charge on any atom is -0.494 e. The summed E-state index contributed by atoms with van der Waals surface area (Å²) in [6, 6.07) is 12.2. The van der Waals surface area contributed by atoms with E-state index < -0.39 is 0 Å². The second kappa shape index (κ2) is 11.2. The summed E-state index contributed by atoms with van der Waals surface area (Å²) in [5.74, 6) is 2.03. The van der Waals surface area contributed by atoms with Gasteiger partial charge in [0.05, 0.1) is 6.61 Å². The second-order valence-corrected chi connectivity index (χ2v) is 8.18. The molecule has 1 aliphatic rings. The summed E-state index contributed by atoms with van der Waals surface area (Å²) in [5, 5.41) is 14.1. The highest BCUT2D eigenvalue weighted by molar-refractivity contribution is 5.87. The minimum atomic E-state index is -0.110. The lowest BCUT2D eigenvalue weighted by molar-refractivity contribution is 0.283. The van der Waals surface area contributed by atoms with Crippen molar-refractivity contribution < 1.29 is 9.26 Å². The van der Waals surface area contributed by atoms with E-state index in [1.807, 2.05) is 17.0 Å². The molecule has 1 saturated heterocycles. The Labute approximate surface area is 195 Å². The fourth-order valence-corrected chi connectivity index (χ4v) is 4.15. The predicted octanol–water partition coefficient (Wildman–Crippen LogP) is 5.69. The van der Waals surface area contributed by atoms with Gasteiger partial charge in [-0.1, -0.05) is 56.0 Å². The van der Waals surface area contributed by atoms with Crippen molar-refractivity contribution in [3.05, 3.63) is 42.3 Å². The van der Waals surface area contributed by atoms with Crippen LogP contribution >= 0.6 is 12.4 Å². The molecule has 1 aliphatic heterocycles. The molecule has 2 aromatic carbocycles. The maximum absolute atomic E-state index is 7.73. The van der Waals surface area contributed by atoms with Crippen LogP contribution < -0.4 is 10.5 Å². The van der Waals surface area contributed by atoms with Crippen LogP contribution in [-0.2, 0) is 0 Å². The summed E-state index contributed by atoms with van der Waals surface area (Å²) in [6.45, 7) is 3.74. The van der Waals surface area contributed by atoms with Gasteiger partial charge in [0.2, 0.25) is 11.7 Å². The number of ether oxygens (including phenoxy) is 1. The monoisotopic (exact) mass is 457 g/mol. The maximum atomic E-state index is 7.73. The highest BCUT2D eigenvalue weighted by atomic mass is 35.5. The number of aromatic nitrogens is 2. The number of unbranched alkanes of at least 4 members (excludes halogenated alkanes) is 4. The number of hydrogen-bond acceptors (Lipinski definition) is 5. The van der Waals surface area contributed by atoms with Crippen LogP contribution in [0.5, 0.6) is 5.75 Å². The quantitative estimate of drug-likeness (QED) is 0.243. The topological polar surface area (TPSA) is 101 Å². The van der Waals surface area contributed by atoms with Crippen LogP contribution in [-0.4, -0.2) is 34.2 Å². The molecule has 0 aliphatic carbocycles. The van der Waals surface area contributed by atoms with Gasteiger partial charge in [-0.15, -0.1) is 12.4 Å². The molecule has 172 valence electrons. The number of guanidine groups is 1. The van der Waals surface area contributed by atoms with E-state index in [1.54, 1.807) is 0 Å². The smallest absolute Gasteiger partial charge is 0.249 e. The van der Waals surface area contributed by atoms with Gasteiger partial charge in [-0.05, 0) is 48.2 Å². The van der Waals surface area contributed by atoms with Crippen LogP contribution in [0, 0.1) is 5.41 Å². The van der Waals surface area contributed by atoms with Crippen LogP contribution in [0.2, 0.25) is 0 Å². The number of rotatable bonds is 9. The normalized spacial score (nSPS) is 15.7. The molecule has 0 spiro atoms. The molecule has 8 heteroatoms. The first kappa shape index (κ1) is 23.9.